The first kappa shape index (κ1) is 13.9. The number of nitrogens with two attached hydrogens (primary N) is 1. The van der Waals surface area contributed by atoms with Crippen LogP contribution in [0.15, 0.2) is 28.7 Å². The Labute approximate surface area is 107 Å². The summed E-state index contributed by atoms with van der Waals surface area (Å²) in [6.07, 6.45) is -4.91. The number of furan rings is 1. The minimum atomic E-state index is -4.91. The Bertz CT molecular complexity index is 603. The van der Waals surface area contributed by atoms with E-state index in [1.165, 1.54) is 6.07 Å². The smallest absolute Gasteiger partial charge is 0.426 e. The summed E-state index contributed by atoms with van der Waals surface area (Å²) >= 11 is 0. The van der Waals surface area contributed by atoms with Crippen molar-refractivity contribution in [3.63, 3.8) is 0 Å². The molecule has 0 saturated carbocycles. The van der Waals surface area contributed by atoms with Crippen LogP contribution in [0.5, 0.6) is 0 Å². The molecule has 2 atom stereocenters. The Morgan fingerprint density at radius 2 is 1.89 bits per heavy atom. The largest absolute Gasteiger partial charge is 0.458 e. The molecule has 0 bridgehead atoms. The molecule has 0 amide bonds. The second-order valence-corrected chi connectivity index (χ2v) is 4.70. The van der Waals surface area contributed by atoms with Gasteiger partial charge in [0.05, 0.1) is 0 Å². The molecule has 3 nitrogen and oxygen atoms in total. The van der Waals surface area contributed by atoms with Gasteiger partial charge in [-0.2, -0.15) is 13.2 Å². The number of alkyl halides is 3. The van der Waals surface area contributed by atoms with Crippen molar-refractivity contribution in [2.24, 2.45) is 5.73 Å². The maximum Gasteiger partial charge on any atom is 0.426 e. The van der Waals surface area contributed by atoms with E-state index in [9.17, 15) is 18.3 Å². The van der Waals surface area contributed by atoms with E-state index in [4.69, 9.17) is 10.2 Å². The Kier molecular flexibility index (Phi) is 3.10. The van der Waals surface area contributed by atoms with Crippen LogP contribution in [0.4, 0.5) is 13.2 Å². The van der Waals surface area contributed by atoms with Crippen LogP contribution in [0, 0.1) is 6.92 Å². The van der Waals surface area contributed by atoms with Crippen molar-refractivity contribution >= 4 is 11.0 Å². The van der Waals surface area contributed by atoms with E-state index in [2.05, 4.69) is 0 Å². The molecule has 19 heavy (non-hydrogen) atoms. The molecule has 3 N–H and O–H groups in total. The molecule has 0 fully saturated rings. The monoisotopic (exact) mass is 273 g/mol. The molecular formula is C13H14F3NO2. The zero-order valence-electron chi connectivity index (χ0n) is 10.5. The third-order valence-corrected chi connectivity index (χ3v) is 3.14. The van der Waals surface area contributed by atoms with Crippen molar-refractivity contribution in [1.29, 1.82) is 0 Å². The second kappa shape index (κ2) is 4.25. The number of fused-ring (bicyclic) bond motifs is 1. The number of hydrogen-bond donors (Lipinski definition) is 2. The highest BCUT2D eigenvalue weighted by Crippen LogP contribution is 2.42. The van der Waals surface area contributed by atoms with E-state index >= 15 is 0 Å². The zero-order valence-corrected chi connectivity index (χ0v) is 10.5. The number of aliphatic hydroxyl groups is 1. The molecule has 1 heterocycles. The maximum atomic E-state index is 13.1. The lowest BCUT2D eigenvalue weighted by molar-refractivity contribution is -0.278. The molecule has 1 aromatic carbocycles. The molecule has 2 aromatic rings. The summed E-state index contributed by atoms with van der Waals surface area (Å²) in [5.74, 6) is -0.587. The molecule has 0 aliphatic rings. The van der Waals surface area contributed by atoms with Crippen molar-refractivity contribution in [3.05, 3.63) is 35.6 Å². The fourth-order valence-electron chi connectivity index (χ4n) is 1.97. The van der Waals surface area contributed by atoms with Crippen molar-refractivity contribution in [1.82, 2.24) is 0 Å². The summed E-state index contributed by atoms with van der Waals surface area (Å²) in [5, 5.41) is 10.4. The van der Waals surface area contributed by atoms with Gasteiger partial charge in [-0.1, -0.05) is 11.6 Å². The van der Waals surface area contributed by atoms with Crippen LogP contribution in [0.2, 0.25) is 0 Å². The highest BCUT2D eigenvalue weighted by Gasteiger charge is 2.59. The van der Waals surface area contributed by atoms with Gasteiger partial charge in [-0.05, 0) is 32.0 Å². The summed E-state index contributed by atoms with van der Waals surface area (Å²) in [4.78, 5) is 0. The van der Waals surface area contributed by atoms with Crippen LogP contribution >= 0.6 is 0 Å². The van der Waals surface area contributed by atoms with Gasteiger partial charge in [0.1, 0.15) is 11.3 Å². The predicted octanol–water partition coefficient (Wildman–Crippen LogP) is 2.84. The fourth-order valence-corrected chi connectivity index (χ4v) is 1.97. The molecule has 0 aliphatic heterocycles. The summed E-state index contributed by atoms with van der Waals surface area (Å²) in [5.41, 5.74) is 3.28. The normalized spacial score (nSPS) is 17.4. The van der Waals surface area contributed by atoms with Crippen molar-refractivity contribution in [3.8, 4) is 0 Å². The SMILES string of the molecule is Cc1ccc2oc(C(O)(C(C)N)C(F)(F)F)cc2c1. The van der Waals surface area contributed by atoms with Gasteiger partial charge in [0, 0.05) is 11.4 Å². The first-order valence-electron chi connectivity index (χ1n) is 5.71. The fraction of sp³-hybridized carbons (Fsp3) is 0.385. The van der Waals surface area contributed by atoms with Gasteiger partial charge >= 0.3 is 6.18 Å². The van der Waals surface area contributed by atoms with Crippen molar-refractivity contribution in [2.45, 2.75) is 31.7 Å². The molecule has 0 aliphatic carbocycles. The van der Waals surface area contributed by atoms with E-state index in [1.807, 2.05) is 6.92 Å². The second-order valence-electron chi connectivity index (χ2n) is 4.70. The molecule has 6 heteroatoms. The van der Waals surface area contributed by atoms with E-state index in [1.54, 1.807) is 18.2 Å². The van der Waals surface area contributed by atoms with Gasteiger partial charge in [-0.15, -0.1) is 0 Å². The van der Waals surface area contributed by atoms with Gasteiger partial charge in [0.25, 0.3) is 0 Å². The first-order valence-corrected chi connectivity index (χ1v) is 5.71. The van der Waals surface area contributed by atoms with Crippen molar-refractivity contribution < 1.29 is 22.7 Å². The predicted molar refractivity (Wildman–Crippen MR) is 64.6 cm³/mol. The van der Waals surface area contributed by atoms with E-state index in [-0.39, 0.29) is 5.58 Å². The van der Waals surface area contributed by atoms with Crippen LogP contribution < -0.4 is 5.73 Å². The Morgan fingerprint density at radius 3 is 2.42 bits per heavy atom. The van der Waals surface area contributed by atoms with Crippen LogP contribution in [0.1, 0.15) is 18.2 Å². The van der Waals surface area contributed by atoms with Gasteiger partial charge in [-0.25, -0.2) is 0 Å². The molecular weight excluding hydrogens is 259 g/mol. The average Bonchev–Trinajstić information content (AvgIpc) is 2.68. The number of rotatable bonds is 2. The number of benzene rings is 1. The third kappa shape index (κ3) is 2.11. The van der Waals surface area contributed by atoms with Crippen LogP contribution in [-0.4, -0.2) is 17.3 Å². The third-order valence-electron chi connectivity index (χ3n) is 3.14. The van der Waals surface area contributed by atoms with Crippen molar-refractivity contribution in [2.75, 3.05) is 0 Å². The van der Waals surface area contributed by atoms with Crippen LogP contribution in [-0.2, 0) is 5.60 Å². The lowest BCUT2D eigenvalue weighted by Crippen LogP contribution is -2.54. The van der Waals surface area contributed by atoms with E-state index in [0.29, 0.717) is 5.39 Å². The average molecular weight is 273 g/mol. The Morgan fingerprint density at radius 1 is 1.26 bits per heavy atom. The summed E-state index contributed by atoms with van der Waals surface area (Å²) in [6.45, 7) is 2.90. The zero-order chi connectivity index (χ0) is 14.4. The molecule has 2 rings (SSSR count). The number of hydrogen-bond acceptors (Lipinski definition) is 3. The molecule has 104 valence electrons. The number of aryl methyl sites for hydroxylation is 1. The minimum Gasteiger partial charge on any atom is -0.458 e. The minimum absolute atomic E-state index is 0.281. The standard InChI is InChI=1S/C13H14F3NO2/c1-7-3-4-10-9(5-7)6-11(19-10)12(18,8(2)17)13(14,15)16/h3-6,8,18H,17H2,1-2H3. The highest BCUT2D eigenvalue weighted by atomic mass is 19.4. The molecule has 1 aromatic heterocycles. The lowest BCUT2D eigenvalue weighted by Gasteiger charge is -2.31. The van der Waals surface area contributed by atoms with Gasteiger partial charge in [-0.3, -0.25) is 0 Å². The summed E-state index contributed by atoms with van der Waals surface area (Å²) in [7, 11) is 0. The molecule has 2 unspecified atom stereocenters. The van der Waals surface area contributed by atoms with Crippen LogP contribution in [0.3, 0.4) is 0 Å². The van der Waals surface area contributed by atoms with E-state index in [0.717, 1.165) is 12.5 Å². The van der Waals surface area contributed by atoms with Gasteiger partial charge in [0.2, 0.25) is 5.60 Å². The molecule has 0 spiro atoms. The Balaban J connectivity index is 2.64. The first-order chi connectivity index (χ1) is 8.66. The highest BCUT2D eigenvalue weighted by molar-refractivity contribution is 5.79. The molecule has 0 saturated heterocycles. The van der Waals surface area contributed by atoms with Gasteiger partial charge < -0.3 is 15.3 Å². The van der Waals surface area contributed by atoms with Gasteiger partial charge in [0.15, 0.2) is 0 Å². The summed E-state index contributed by atoms with van der Waals surface area (Å²) < 4.78 is 44.3. The lowest BCUT2D eigenvalue weighted by atomic mass is 9.92. The quantitative estimate of drug-likeness (QED) is 0.884. The maximum absolute atomic E-state index is 13.1. The Hall–Kier alpha value is -1.53. The number of halogens is 3. The molecule has 0 radical (unpaired) electrons. The summed E-state index contributed by atoms with van der Waals surface area (Å²) in [6, 6.07) is 4.59. The van der Waals surface area contributed by atoms with E-state index < -0.39 is 23.6 Å². The topological polar surface area (TPSA) is 59.4 Å². The van der Waals surface area contributed by atoms with Crippen LogP contribution in [0.25, 0.3) is 11.0 Å².